The highest BCUT2D eigenvalue weighted by Crippen LogP contribution is 2.25. The molecule has 8 heteroatoms. The molecule has 0 radical (unpaired) electrons. The van der Waals surface area contributed by atoms with E-state index in [1.54, 1.807) is 35.9 Å². The van der Waals surface area contributed by atoms with Crippen LogP contribution in [0.15, 0.2) is 47.6 Å². The number of aromatic nitrogens is 4. The second-order valence-corrected chi connectivity index (χ2v) is 7.80. The van der Waals surface area contributed by atoms with Crippen LogP contribution in [0.4, 0.5) is 5.69 Å². The lowest BCUT2D eigenvalue weighted by Gasteiger charge is -2.13. The molecule has 1 amide bonds. The molecule has 0 aliphatic rings. The number of hydrogen-bond donors (Lipinski definition) is 1. The number of rotatable bonds is 6. The summed E-state index contributed by atoms with van der Waals surface area (Å²) >= 11 is 1.25. The van der Waals surface area contributed by atoms with Crippen molar-refractivity contribution in [2.75, 3.05) is 5.32 Å². The van der Waals surface area contributed by atoms with Gasteiger partial charge in [-0.05, 0) is 73.5 Å². The molecule has 7 nitrogen and oxygen atoms in total. The molecule has 0 aliphatic heterocycles. The first-order valence-electron chi connectivity index (χ1n) is 8.80. The van der Waals surface area contributed by atoms with E-state index in [2.05, 4.69) is 20.8 Å². The number of carbonyl (C=O) groups excluding carboxylic acids is 2. The first kappa shape index (κ1) is 19.8. The van der Waals surface area contributed by atoms with Gasteiger partial charge in [-0.1, -0.05) is 30.0 Å². The van der Waals surface area contributed by atoms with Crippen LogP contribution in [-0.4, -0.2) is 37.1 Å². The van der Waals surface area contributed by atoms with Crippen molar-refractivity contribution in [3.63, 3.8) is 0 Å². The number of Topliss-reactive ketones (excluding diaryl/α,β-unsaturated/α-hetero) is 1. The summed E-state index contributed by atoms with van der Waals surface area (Å²) < 4.78 is 1.62. The number of benzene rings is 2. The molecule has 0 fully saturated rings. The maximum atomic E-state index is 12.6. The van der Waals surface area contributed by atoms with Gasteiger partial charge in [0, 0.05) is 5.56 Å². The van der Waals surface area contributed by atoms with Crippen molar-refractivity contribution in [1.29, 1.82) is 0 Å². The Morgan fingerprint density at radius 3 is 2.57 bits per heavy atom. The first-order chi connectivity index (χ1) is 13.4. The number of aryl methyl sites for hydroxylation is 2. The fraction of sp³-hybridized carbons (Fsp3) is 0.250. The average molecular weight is 395 g/mol. The standard InChI is InChI=1S/C20H21N5O2S/c1-12-9-10-16(11-13(12)2)25-20(22-23-24-25)28-15(4)19(27)21-18-8-6-5-7-17(18)14(3)26/h5-11,15H,1-4H3,(H,21,27). The van der Waals surface area contributed by atoms with E-state index in [0.717, 1.165) is 11.3 Å². The minimum absolute atomic E-state index is 0.102. The third-order valence-electron chi connectivity index (χ3n) is 4.39. The first-order valence-corrected chi connectivity index (χ1v) is 9.68. The average Bonchev–Trinajstić information content (AvgIpc) is 3.12. The summed E-state index contributed by atoms with van der Waals surface area (Å²) in [5.41, 5.74) is 4.14. The quantitative estimate of drug-likeness (QED) is 0.507. The lowest BCUT2D eigenvalue weighted by molar-refractivity contribution is -0.115. The number of amides is 1. The number of carbonyl (C=O) groups is 2. The highest BCUT2D eigenvalue weighted by molar-refractivity contribution is 8.00. The number of tetrazole rings is 1. The molecule has 1 heterocycles. The molecule has 0 bridgehead atoms. The second-order valence-electron chi connectivity index (χ2n) is 6.49. The molecule has 1 aromatic heterocycles. The van der Waals surface area contributed by atoms with Crippen molar-refractivity contribution in [2.45, 2.75) is 38.1 Å². The molecule has 0 aliphatic carbocycles. The second kappa shape index (κ2) is 8.35. The predicted molar refractivity (Wildman–Crippen MR) is 109 cm³/mol. The molecule has 1 N–H and O–H groups in total. The monoisotopic (exact) mass is 395 g/mol. The van der Waals surface area contributed by atoms with Crippen LogP contribution < -0.4 is 5.32 Å². The van der Waals surface area contributed by atoms with E-state index >= 15 is 0 Å². The van der Waals surface area contributed by atoms with E-state index in [4.69, 9.17) is 0 Å². The van der Waals surface area contributed by atoms with Crippen LogP contribution in [0.3, 0.4) is 0 Å². The van der Waals surface area contributed by atoms with Crippen LogP contribution in [0.25, 0.3) is 5.69 Å². The Hall–Kier alpha value is -3.00. The number of ketones is 1. The summed E-state index contributed by atoms with van der Waals surface area (Å²) in [7, 11) is 0. The van der Waals surface area contributed by atoms with E-state index in [0.29, 0.717) is 16.4 Å². The molecule has 2 aromatic carbocycles. The molecule has 0 saturated heterocycles. The van der Waals surface area contributed by atoms with Crippen molar-refractivity contribution >= 4 is 29.1 Å². The van der Waals surface area contributed by atoms with Gasteiger partial charge in [0.1, 0.15) is 0 Å². The van der Waals surface area contributed by atoms with Crippen LogP contribution >= 0.6 is 11.8 Å². The van der Waals surface area contributed by atoms with E-state index in [9.17, 15) is 9.59 Å². The molecular weight excluding hydrogens is 374 g/mol. The number of nitrogens with zero attached hydrogens (tertiary/aromatic N) is 4. The zero-order chi connectivity index (χ0) is 20.3. The summed E-state index contributed by atoms with van der Waals surface area (Å²) in [5, 5.41) is 14.7. The number of hydrogen-bond acceptors (Lipinski definition) is 6. The van der Waals surface area contributed by atoms with Gasteiger partial charge in [-0.2, -0.15) is 4.68 Å². The third-order valence-corrected chi connectivity index (χ3v) is 5.42. The Morgan fingerprint density at radius 2 is 1.86 bits per heavy atom. The van der Waals surface area contributed by atoms with Gasteiger partial charge >= 0.3 is 0 Å². The van der Waals surface area contributed by atoms with Crippen molar-refractivity contribution < 1.29 is 9.59 Å². The Bertz CT molecular complexity index is 1030. The van der Waals surface area contributed by atoms with E-state index in [-0.39, 0.29) is 11.7 Å². The molecule has 3 aromatic rings. The number of nitrogens with one attached hydrogen (secondary N) is 1. The Morgan fingerprint density at radius 1 is 1.11 bits per heavy atom. The van der Waals surface area contributed by atoms with E-state index < -0.39 is 5.25 Å². The lowest BCUT2D eigenvalue weighted by atomic mass is 10.1. The molecule has 144 valence electrons. The number of anilines is 1. The zero-order valence-corrected chi connectivity index (χ0v) is 16.9. The number of thioether (sulfide) groups is 1. The topological polar surface area (TPSA) is 89.8 Å². The van der Waals surface area contributed by atoms with Crippen LogP contribution in [0.5, 0.6) is 0 Å². The van der Waals surface area contributed by atoms with Crippen LogP contribution in [0, 0.1) is 13.8 Å². The summed E-state index contributed by atoms with van der Waals surface area (Å²) in [4.78, 5) is 24.4. The maximum absolute atomic E-state index is 12.6. The summed E-state index contributed by atoms with van der Waals surface area (Å²) in [6, 6.07) is 12.9. The fourth-order valence-corrected chi connectivity index (χ4v) is 3.42. The van der Waals surface area contributed by atoms with Crippen molar-refractivity contribution in [2.24, 2.45) is 0 Å². The van der Waals surface area contributed by atoms with Gasteiger partial charge in [-0.15, -0.1) is 5.10 Å². The lowest BCUT2D eigenvalue weighted by Crippen LogP contribution is -2.24. The van der Waals surface area contributed by atoms with Crippen molar-refractivity contribution in [3.05, 3.63) is 59.2 Å². The summed E-state index contributed by atoms with van der Waals surface area (Å²) in [6.45, 7) is 7.31. The largest absolute Gasteiger partial charge is 0.324 e. The van der Waals surface area contributed by atoms with Gasteiger partial charge in [0.2, 0.25) is 11.1 Å². The van der Waals surface area contributed by atoms with Gasteiger partial charge in [-0.25, -0.2) is 0 Å². The predicted octanol–water partition coefficient (Wildman–Crippen LogP) is 3.60. The molecule has 1 atom stereocenters. The molecule has 1 unspecified atom stereocenters. The van der Waals surface area contributed by atoms with Crippen LogP contribution in [0.2, 0.25) is 0 Å². The minimum atomic E-state index is -0.462. The van der Waals surface area contributed by atoms with Gasteiger partial charge in [0.25, 0.3) is 0 Å². The molecule has 28 heavy (non-hydrogen) atoms. The van der Waals surface area contributed by atoms with Crippen molar-refractivity contribution in [1.82, 2.24) is 20.2 Å². The third kappa shape index (κ3) is 4.28. The van der Waals surface area contributed by atoms with E-state index in [1.165, 1.54) is 24.2 Å². The molecule has 0 saturated carbocycles. The zero-order valence-electron chi connectivity index (χ0n) is 16.1. The van der Waals surface area contributed by atoms with E-state index in [1.807, 2.05) is 32.0 Å². The van der Waals surface area contributed by atoms with Gasteiger partial charge < -0.3 is 5.32 Å². The van der Waals surface area contributed by atoms with Gasteiger partial charge in [-0.3, -0.25) is 9.59 Å². The van der Waals surface area contributed by atoms with Crippen molar-refractivity contribution in [3.8, 4) is 5.69 Å². The summed E-state index contributed by atoms with van der Waals surface area (Å²) in [5.74, 6) is -0.330. The molecule has 0 spiro atoms. The smallest absolute Gasteiger partial charge is 0.237 e. The Balaban J connectivity index is 1.76. The fourth-order valence-electron chi connectivity index (χ4n) is 2.62. The van der Waals surface area contributed by atoms with Crippen LogP contribution in [-0.2, 0) is 4.79 Å². The maximum Gasteiger partial charge on any atom is 0.237 e. The summed E-state index contributed by atoms with van der Waals surface area (Å²) in [6.07, 6.45) is 0. The normalized spacial score (nSPS) is 11.9. The molecule has 3 rings (SSSR count). The van der Waals surface area contributed by atoms with Gasteiger partial charge in [0.05, 0.1) is 16.6 Å². The molecular formula is C20H21N5O2S. The number of para-hydroxylation sites is 1. The van der Waals surface area contributed by atoms with Gasteiger partial charge in [0.15, 0.2) is 5.78 Å². The Kier molecular flexibility index (Phi) is 5.89. The minimum Gasteiger partial charge on any atom is -0.324 e. The van der Waals surface area contributed by atoms with Crippen LogP contribution in [0.1, 0.15) is 35.3 Å². The highest BCUT2D eigenvalue weighted by Gasteiger charge is 2.20. The Labute approximate surface area is 167 Å². The SMILES string of the molecule is CC(=O)c1ccccc1NC(=O)C(C)Sc1nnnn1-c1ccc(C)c(C)c1. The highest BCUT2D eigenvalue weighted by atomic mass is 32.2.